The maximum Gasteiger partial charge on any atom is 0.318 e. The third-order valence-electron chi connectivity index (χ3n) is 5.85. The van der Waals surface area contributed by atoms with Gasteiger partial charge in [-0.15, -0.1) is 6.42 Å². The molecule has 0 unspecified atom stereocenters. The molecule has 30 heavy (non-hydrogen) atoms. The van der Waals surface area contributed by atoms with Crippen molar-refractivity contribution >= 4 is 12.0 Å². The summed E-state index contributed by atoms with van der Waals surface area (Å²) in [5, 5.41) is 6.41. The maximum atomic E-state index is 13.0. The smallest absolute Gasteiger partial charge is 0.318 e. The summed E-state index contributed by atoms with van der Waals surface area (Å²) in [5.74, 6) is 3.23. The average molecular weight is 406 g/mol. The molecule has 0 atom stereocenters. The van der Waals surface area contributed by atoms with E-state index in [-0.39, 0.29) is 6.03 Å². The molecular weight excluding hydrogens is 378 g/mol. The summed E-state index contributed by atoms with van der Waals surface area (Å²) < 4.78 is 5.41. The van der Waals surface area contributed by atoms with Crippen LogP contribution in [0.1, 0.15) is 49.1 Å². The Balaban J connectivity index is 1.43. The van der Waals surface area contributed by atoms with Crippen LogP contribution in [0.4, 0.5) is 10.7 Å². The van der Waals surface area contributed by atoms with Crippen LogP contribution in [-0.4, -0.2) is 40.2 Å². The Hall–Kier alpha value is -3.11. The van der Waals surface area contributed by atoms with Crippen LogP contribution in [-0.2, 0) is 23.4 Å². The topological polar surface area (TPSA) is 79.4 Å². The van der Waals surface area contributed by atoms with Crippen molar-refractivity contribution in [3.63, 3.8) is 0 Å². The molecule has 1 fully saturated rings. The lowest BCUT2D eigenvalue weighted by Gasteiger charge is -2.32. The Morgan fingerprint density at radius 3 is 2.93 bits per heavy atom. The first-order valence-electron chi connectivity index (χ1n) is 10.3. The van der Waals surface area contributed by atoms with E-state index >= 15 is 0 Å². The molecule has 2 aliphatic heterocycles. The Morgan fingerprint density at radius 1 is 1.37 bits per heavy atom. The fraction of sp³-hybridized carbons (Fsp3) is 0.435. The summed E-state index contributed by atoms with van der Waals surface area (Å²) in [4.78, 5) is 24.0. The highest BCUT2D eigenvalue weighted by Crippen LogP contribution is 2.37. The molecule has 1 aromatic heterocycles. The summed E-state index contributed by atoms with van der Waals surface area (Å²) in [7, 11) is 0. The lowest BCUT2D eigenvalue weighted by atomic mass is 9.97. The number of nitrogens with zero attached hydrogens (tertiary/aromatic N) is 3. The summed E-state index contributed by atoms with van der Waals surface area (Å²) in [6, 6.07) is 7.81. The molecule has 0 saturated carbocycles. The highest BCUT2D eigenvalue weighted by Gasteiger charge is 2.41. The number of ether oxygens (including phenoxy) is 1. The second kappa shape index (κ2) is 8.33. The number of nitrogens with one attached hydrogen (secondary N) is 2. The number of terminal acetylenes is 1. The van der Waals surface area contributed by atoms with Gasteiger partial charge in [0.2, 0.25) is 5.95 Å². The fourth-order valence-electron chi connectivity index (χ4n) is 4.01. The Bertz CT molecular complexity index is 976. The van der Waals surface area contributed by atoms with Gasteiger partial charge in [0.1, 0.15) is 0 Å². The summed E-state index contributed by atoms with van der Waals surface area (Å²) in [5.41, 5.74) is 3.14. The molecule has 2 N–H and O–H groups in total. The molecule has 1 saturated heterocycles. The van der Waals surface area contributed by atoms with Crippen LogP contribution >= 0.6 is 0 Å². The zero-order chi connectivity index (χ0) is 21.1. The quantitative estimate of drug-likeness (QED) is 0.765. The number of anilines is 1. The molecule has 0 aliphatic carbocycles. The van der Waals surface area contributed by atoms with Crippen LogP contribution in [0, 0.1) is 12.3 Å². The van der Waals surface area contributed by atoms with E-state index in [0.717, 1.165) is 48.4 Å². The molecule has 3 heterocycles. The van der Waals surface area contributed by atoms with Gasteiger partial charge in [-0.25, -0.2) is 14.8 Å². The average Bonchev–Trinajstić information content (AvgIpc) is 3.03. The molecule has 7 nitrogen and oxygen atoms in total. The van der Waals surface area contributed by atoms with E-state index in [1.165, 1.54) is 0 Å². The summed E-state index contributed by atoms with van der Waals surface area (Å²) in [6.45, 7) is 6.42. The number of urea groups is 1. The standard InChI is InChI=1S/C23H27N5O2/c1-4-16-6-5-7-17(12-16)13-25-22(29)28-15-20-19(23(28,2)3)14-24-21(27-20)26-18-8-10-30-11-9-18/h1,5-7,12,14,18H,8-11,13,15H2,2-3H3,(H,25,29)(H,24,26,27). The fourth-order valence-corrected chi connectivity index (χ4v) is 4.01. The van der Waals surface area contributed by atoms with Crippen molar-refractivity contribution in [1.82, 2.24) is 20.2 Å². The summed E-state index contributed by atoms with van der Waals surface area (Å²) in [6.07, 6.45) is 9.19. The maximum absolute atomic E-state index is 13.0. The molecular formula is C23H27N5O2. The minimum absolute atomic E-state index is 0.136. The number of carbonyl (C=O) groups is 1. The lowest BCUT2D eigenvalue weighted by Crippen LogP contribution is -2.45. The van der Waals surface area contributed by atoms with Crippen molar-refractivity contribution < 1.29 is 9.53 Å². The zero-order valence-corrected chi connectivity index (χ0v) is 17.4. The molecule has 0 spiro atoms. The molecule has 1 aromatic carbocycles. The first-order valence-corrected chi connectivity index (χ1v) is 10.3. The number of aromatic nitrogens is 2. The van der Waals surface area contributed by atoms with Gasteiger partial charge in [-0.1, -0.05) is 18.1 Å². The van der Waals surface area contributed by atoms with Crippen LogP contribution in [0.25, 0.3) is 0 Å². The van der Waals surface area contributed by atoms with Gasteiger partial charge in [0, 0.05) is 43.1 Å². The number of amides is 2. The van der Waals surface area contributed by atoms with Crippen molar-refractivity contribution in [1.29, 1.82) is 0 Å². The van der Waals surface area contributed by atoms with E-state index in [0.29, 0.717) is 25.1 Å². The molecule has 2 aliphatic rings. The first kappa shape index (κ1) is 20.2. The minimum atomic E-state index is -0.489. The van der Waals surface area contributed by atoms with Crippen LogP contribution in [0.3, 0.4) is 0 Å². The van der Waals surface area contributed by atoms with Crippen LogP contribution in [0.15, 0.2) is 30.5 Å². The van der Waals surface area contributed by atoms with Gasteiger partial charge in [0.05, 0.1) is 17.8 Å². The van der Waals surface area contributed by atoms with E-state index in [2.05, 4.69) is 21.5 Å². The van der Waals surface area contributed by atoms with Crippen molar-refractivity contribution in [2.24, 2.45) is 0 Å². The van der Waals surface area contributed by atoms with Crippen molar-refractivity contribution in [2.45, 2.75) is 51.4 Å². The monoisotopic (exact) mass is 405 g/mol. The zero-order valence-electron chi connectivity index (χ0n) is 17.4. The number of benzene rings is 1. The van der Waals surface area contributed by atoms with Crippen molar-refractivity contribution in [3.05, 3.63) is 52.8 Å². The van der Waals surface area contributed by atoms with Crippen LogP contribution in [0.5, 0.6) is 0 Å². The Labute approximate surface area is 177 Å². The second-order valence-corrected chi connectivity index (χ2v) is 8.23. The molecule has 4 rings (SSSR count). The molecule has 0 bridgehead atoms. The molecule has 2 amide bonds. The van der Waals surface area contributed by atoms with Gasteiger partial charge in [-0.2, -0.15) is 0 Å². The number of carbonyl (C=O) groups excluding carboxylic acids is 1. The first-order chi connectivity index (χ1) is 14.5. The Morgan fingerprint density at radius 2 is 2.17 bits per heavy atom. The largest absolute Gasteiger partial charge is 0.381 e. The minimum Gasteiger partial charge on any atom is -0.381 e. The SMILES string of the molecule is C#Cc1cccc(CNC(=O)N2Cc3nc(NC4CCOCC4)ncc3C2(C)C)c1. The van der Waals surface area contributed by atoms with Gasteiger partial charge >= 0.3 is 6.03 Å². The van der Waals surface area contributed by atoms with Gasteiger partial charge in [-0.3, -0.25) is 0 Å². The van der Waals surface area contributed by atoms with Crippen LogP contribution < -0.4 is 10.6 Å². The van der Waals surface area contributed by atoms with Gasteiger partial charge in [-0.05, 0) is 44.4 Å². The predicted octanol–water partition coefficient (Wildman–Crippen LogP) is 3.01. The third-order valence-corrected chi connectivity index (χ3v) is 5.85. The molecule has 7 heteroatoms. The van der Waals surface area contributed by atoms with Gasteiger partial charge in [0.15, 0.2) is 0 Å². The number of hydrogen-bond donors (Lipinski definition) is 2. The third kappa shape index (κ3) is 4.10. The lowest BCUT2D eigenvalue weighted by molar-refractivity contribution is 0.0903. The highest BCUT2D eigenvalue weighted by molar-refractivity contribution is 5.76. The highest BCUT2D eigenvalue weighted by atomic mass is 16.5. The van der Waals surface area contributed by atoms with Crippen molar-refractivity contribution in [2.75, 3.05) is 18.5 Å². The van der Waals surface area contributed by atoms with Gasteiger partial charge < -0.3 is 20.3 Å². The molecule has 156 valence electrons. The number of hydrogen-bond acceptors (Lipinski definition) is 5. The molecule has 2 aromatic rings. The number of rotatable bonds is 4. The van der Waals surface area contributed by atoms with E-state index in [1.54, 1.807) is 4.90 Å². The van der Waals surface area contributed by atoms with E-state index < -0.39 is 5.54 Å². The van der Waals surface area contributed by atoms with Crippen molar-refractivity contribution in [3.8, 4) is 12.3 Å². The van der Waals surface area contributed by atoms with E-state index in [9.17, 15) is 4.79 Å². The summed E-state index contributed by atoms with van der Waals surface area (Å²) >= 11 is 0. The van der Waals surface area contributed by atoms with Crippen LogP contribution in [0.2, 0.25) is 0 Å². The van der Waals surface area contributed by atoms with E-state index in [4.69, 9.17) is 16.1 Å². The number of fused-ring (bicyclic) bond motifs is 1. The Kier molecular flexibility index (Phi) is 5.60. The normalized spacial score (nSPS) is 17.8. The second-order valence-electron chi connectivity index (χ2n) is 8.23. The predicted molar refractivity (Wildman–Crippen MR) is 115 cm³/mol. The molecule has 0 radical (unpaired) electrons. The van der Waals surface area contributed by atoms with E-state index in [1.807, 2.05) is 44.3 Å². The van der Waals surface area contributed by atoms with Gasteiger partial charge in [0.25, 0.3) is 0 Å².